The second kappa shape index (κ2) is 7.81. The number of halogens is 3. The number of piperazine rings is 1. The molecule has 1 aromatic carbocycles. The first-order valence-electron chi connectivity index (χ1n) is 7.80. The monoisotopic (exact) mass is 342 g/mol. The average Bonchev–Trinajstić information content (AvgIpc) is 2.55. The SMILES string of the molecule is CC(=CC(=O)N1CCN(CCO)CC1)c1ccccc1C(F)(F)F. The fraction of sp³-hybridized carbons (Fsp3) is 0.471. The van der Waals surface area contributed by atoms with Gasteiger partial charge in [0.25, 0.3) is 0 Å². The number of benzene rings is 1. The summed E-state index contributed by atoms with van der Waals surface area (Å²) in [4.78, 5) is 16.0. The van der Waals surface area contributed by atoms with Crippen LogP contribution in [0.3, 0.4) is 0 Å². The molecular weight excluding hydrogens is 321 g/mol. The van der Waals surface area contributed by atoms with E-state index in [0.29, 0.717) is 38.3 Å². The standard InChI is InChI=1S/C17H21F3N2O2/c1-13(14-4-2-3-5-15(14)17(18,19)20)12-16(24)22-8-6-21(7-9-22)10-11-23/h2-5,12,23H,6-11H2,1H3. The third-order valence-electron chi connectivity index (χ3n) is 4.10. The maximum Gasteiger partial charge on any atom is 0.416 e. The Kier molecular flexibility index (Phi) is 6.01. The molecule has 0 radical (unpaired) electrons. The highest BCUT2D eigenvalue weighted by Gasteiger charge is 2.33. The van der Waals surface area contributed by atoms with Gasteiger partial charge in [0.05, 0.1) is 12.2 Å². The maximum atomic E-state index is 13.1. The van der Waals surface area contributed by atoms with Crippen LogP contribution < -0.4 is 0 Å². The average molecular weight is 342 g/mol. The number of aliphatic hydroxyl groups excluding tert-OH is 1. The molecule has 0 aromatic heterocycles. The second-order valence-electron chi connectivity index (χ2n) is 5.76. The molecule has 0 saturated carbocycles. The van der Waals surface area contributed by atoms with Crippen molar-refractivity contribution in [3.05, 3.63) is 41.5 Å². The van der Waals surface area contributed by atoms with Crippen molar-refractivity contribution in [3.8, 4) is 0 Å². The van der Waals surface area contributed by atoms with Gasteiger partial charge in [0.1, 0.15) is 0 Å². The molecule has 132 valence electrons. The van der Waals surface area contributed by atoms with E-state index in [4.69, 9.17) is 5.11 Å². The quantitative estimate of drug-likeness (QED) is 0.854. The molecule has 0 atom stereocenters. The van der Waals surface area contributed by atoms with Crippen LogP contribution >= 0.6 is 0 Å². The van der Waals surface area contributed by atoms with Gasteiger partial charge in [0.15, 0.2) is 0 Å². The molecule has 4 nitrogen and oxygen atoms in total. The lowest BCUT2D eigenvalue weighted by Crippen LogP contribution is -2.48. The predicted molar refractivity (Wildman–Crippen MR) is 85.2 cm³/mol. The zero-order valence-corrected chi connectivity index (χ0v) is 13.5. The highest BCUT2D eigenvalue weighted by Crippen LogP contribution is 2.34. The highest BCUT2D eigenvalue weighted by molar-refractivity contribution is 5.95. The topological polar surface area (TPSA) is 43.8 Å². The molecule has 0 spiro atoms. The van der Waals surface area contributed by atoms with E-state index in [1.807, 2.05) is 4.90 Å². The summed E-state index contributed by atoms with van der Waals surface area (Å²) >= 11 is 0. The Hall–Kier alpha value is -1.86. The Bertz CT molecular complexity index is 606. The molecule has 1 fully saturated rings. The van der Waals surface area contributed by atoms with Gasteiger partial charge in [-0.1, -0.05) is 18.2 Å². The molecule has 1 aliphatic heterocycles. The number of alkyl halides is 3. The van der Waals surface area contributed by atoms with E-state index >= 15 is 0 Å². The smallest absolute Gasteiger partial charge is 0.395 e. The van der Waals surface area contributed by atoms with Crippen LogP contribution in [0, 0.1) is 0 Å². The third-order valence-corrected chi connectivity index (χ3v) is 4.10. The number of carbonyl (C=O) groups excluding carboxylic acids is 1. The first kappa shape index (κ1) is 18.5. The van der Waals surface area contributed by atoms with E-state index in [1.54, 1.807) is 4.90 Å². The molecular formula is C17H21F3N2O2. The molecule has 1 saturated heterocycles. The molecule has 0 aliphatic carbocycles. The fourth-order valence-electron chi connectivity index (χ4n) is 2.76. The van der Waals surface area contributed by atoms with Crippen molar-refractivity contribution < 1.29 is 23.1 Å². The second-order valence-corrected chi connectivity index (χ2v) is 5.76. The summed E-state index contributed by atoms with van der Waals surface area (Å²) in [5, 5.41) is 8.91. The summed E-state index contributed by atoms with van der Waals surface area (Å²) in [5.41, 5.74) is -0.415. The lowest BCUT2D eigenvalue weighted by molar-refractivity contribution is -0.137. The van der Waals surface area contributed by atoms with Gasteiger partial charge in [0.2, 0.25) is 5.91 Å². The van der Waals surface area contributed by atoms with Crippen molar-refractivity contribution in [1.82, 2.24) is 9.80 Å². The molecule has 0 bridgehead atoms. The number of hydrogen-bond donors (Lipinski definition) is 1. The Morgan fingerprint density at radius 3 is 2.42 bits per heavy atom. The zero-order valence-electron chi connectivity index (χ0n) is 13.5. The molecule has 1 heterocycles. The van der Waals surface area contributed by atoms with E-state index in [0.717, 1.165) is 6.07 Å². The molecule has 1 aromatic rings. The third kappa shape index (κ3) is 4.58. The van der Waals surface area contributed by atoms with Crippen LogP contribution in [0.1, 0.15) is 18.1 Å². The summed E-state index contributed by atoms with van der Waals surface area (Å²) in [5.74, 6) is -0.284. The predicted octanol–water partition coefficient (Wildman–Crippen LogP) is 2.25. The summed E-state index contributed by atoms with van der Waals surface area (Å²) in [6.07, 6.45) is -3.18. The Morgan fingerprint density at radius 2 is 1.83 bits per heavy atom. The number of carbonyl (C=O) groups is 1. The van der Waals surface area contributed by atoms with Crippen LogP contribution in [-0.2, 0) is 11.0 Å². The molecule has 2 rings (SSSR count). The molecule has 7 heteroatoms. The number of nitrogens with zero attached hydrogens (tertiary/aromatic N) is 2. The number of aliphatic hydroxyl groups is 1. The summed E-state index contributed by atoms with van der Waals surface area (Å²) in [6.45, 7) is 4.46. The normalized spacial score (nSPS) is 17.2. The highest BCUT2D eigenvalue weighted by atomic mass is 19.4. The molecule has 1 aliphatic rings. The zero-order chi connectivity index (χ0) is 17.7. The van der Waals surface area contributed by atoms with Crippen LogP contribution in [0.15, 0.2) is 30.3 Å². The first-order chi connectivity index (χ1) is 11.3. The van der Waals surface area contributed by atoms with Gasteiger partial charge < -0.3 is 10.0 Å². The minimum Gasteiger partial charge on any atom is -0.395 e. The van der Waals surface area contributed by atoms with E-state index in [2.05, 4.69) is 0 Å². The van der Waals surface area contributed by atoms with Crippen LogP contribution in [0.4, 0.5) is 13.2 Å². The largest absolute Gasteiger partial charge is 0.416 e. The van der Waals surface area contributed by atoms with Gasteiger partial charge in [-0.15, -0.1) is 0 Å². The van der Waals surface area contributed by atoms with E-state index < -0.39 is 11.7 Å². The van der Waals surface area contributed by atoms with Crippen molar-refractivity contribution in [2.24, 2.45) is 0 Å². The van der Waals surface area contributed by atoms with Crippen LogP contribution in [-0.4, -0.2) is 60.1 Å². The van der Waals surface area contributed by atoms with Gasteiger partial charge in [0, 0.05) is 38.8 Å². The number of amides is 1. The lowest BCUT2D eigenvalue weighted by Gasteiger charge is -2.33. The van der Waals surface area contributed by atoms with Crippen molar-refractivity contribution in [2.75, 3.05) is 39.3 Å². The summed E-state index contributed by atoms with van der Waals surface area (Å²) in [6, 6.07) is 5.26. The summed E-state index contributed by atoms with van der Waals surface area (Å²) < 4.78 is 39.2. The Labute approximate surface area is 139 Å². The number of rotatable bonds is 4. The number of hydrogen-bond acceptors (Lipinski definition) is 3. The summed E-state index contributed by atoms with van der Waals surface area (Å²) in [7, 11) is 0. The lowest BCUT2D eigenvalue weighted by atomic mass is 10.00. The van der Waals surface area contributed by atoms with Gasteiger partial charge in [-0.2, -0.15) is 13.2 Å². The minimum atomic E-state index is -4.45. The Morgan fingerprint density at radius 1 is 1.21 bits per heavy atom. The van der Waals surface area contributed by atoms with E-state index in [9.17, 15) is 18.0 Å². The van der Waals surface area contributed by atoms with Gasteiger partial charge in [-0.05, 0) is 24.1 Å². The molecule has 0 unspecified atom stereocenters. The van der Waals surface area contributed by atoms with Crippen LogP contribution in [0.5, 0.6) is 0 Å². The van der Waals surface area contributed by atoms with Crippen molar-refractivity contribution in [3.63, 3.8) is 0 Å². The van der Waals surface area contributed by atoms with Crippen LogP contribution in [0.2, 0.25) is 0 Å². The number of β-amino-alcohol motifs (C(OH)–C–C–N with tert-alkyl or cyclic N) is 1. The molecule has 1 N–H and O–H groups in total. The molecule has 24 heavy (non-hydrogen) atoms. The maximum absolute atomic E-state index is 13.1. The molecule has 1 amide bonds. The van der Waals surface area contributed by atoms with Crippen molar-refractivity contribution >= 4 is 11.5 Å². The number of allylic oxidation sites excluding steroid dienone is 1. The Balaban J connectivity index is 2.10. The van der Waals surface area contributed by atoms with Gasteiger partial charge >= 0.3 is 6.18 Å². The fourth-order valence-corrected chi connectivity index (χ4v) is 2.76. The first-order valence-corrected chi connectivity index (χ1v) is 7.80. The van der Waals surface area contributed by atoms with Crippen molar-refractivity contribution in [1.29, 1.82) is 0 Å². The van der Waals surface area contributed by atoms with Crippen molar-refractivity contribution in [2.45, 2.75) is 13.1 Å². The van der Waals surface area contributed by atoms with E-state index in [1.165, 1.54) is 31.2 Å². The van der Waals surface area contributed by atoms with Gasteiger partial charge in [-0.3, -0.25) is 9.69 Å². The van der Waals surface area contributed by atoms with Crippen LogP contribution in [0.25, 0.3) is 5.57 Å². The van der Waals surface area contributed by atoms with Gasteiger partial charge in [-0.25, -0.2) is 0 Å². The minimum absolute atomic E-state index is 0.0252. The van der Waals surface area contributed by atoms with E-state index in [-0.39, 0.29) is 18.1 Å².